The van der Waals surface area contributed by atoms with Gasteiger partial charge in [-0.15, -0.1) is 0 Å². The van der Waals surface area contributed by atoms with Gasteiger partial charge in [0.05, 0.1) is 7.11 Å². The van der Waals surface area contributed by atoms with Crippen LogP contribution >= 0.6 is 11.6 Å². The number of rotatable bonds is 7. The molecule has 0 atom stereocenters. The number of methoxy groups -OCH3 is 1. The van der Waals surface area contributed by atoms with Crippen molar-refractivity contribution in [2.45, 2.75) is 19.8 Å². The molecule has 0 fully saturated rings. The molecule has 0 radical (unpaired) electrons. The maximum Gasteiger partial charge on any atom is 0.342 e. The molecule has 0 unspecified atom stereocenters. The third kappa shape index (κ3) is 5.09. The fourth-order valence-corrected chi connectivity index (χ4v) is 1.68. The fraction of sp³-hybridized carbons (Fsp3) is 0.429. The summed E-state index contributed by atoms with van der Waals surface area (Å²) in [6, 6.07) is 4.62. The first-order valence-corrected chi connectivity index (χ1v) is 6.73. The lowest BCUT2D eigenvalue weighted by Gasteiger charge is -2.09. The number of hydrogen-bond donors (Lipinski definition) is 1. The second-order valence-corrected chi connectivity index (χ2v) is 4.56. The first-order valence-electron chi connectivity index (χ1n) is 6.35. The highest BCUT2D eigenvalue weighted by molar-refractivity contribution is 6.31. The van der Waals surface area contributed by atoms with Gasteiger partial charge in [0.25, 0.3) is 5.91 Å². The van der Waals surface area contributed by atoms with E-state index in [1.54, 1.807) is 12.1 Å². The van der Waals surface area contributed by atoms with Crippen molar-refractivity contribution in [3.63, 3.8) is 0 Å². The molecular weight excluding hydrogens is 282 g/mol. The number of carbonyl (C=O) groups excluding carboxylic acids is 2. The summed E-state index contributed by atoms with van der Waals surface area (Å²) < 4.78 is 9.98. The third-order valence-electron chi connectivity index (χ3n) is 2.57. The zero-order valence-corrected chi connectivity index (χ0v) is 12.3. The zero-order valence-electron chi connectivity index (χ0n) is 11.6. The van der Waals surface area contributed by atoms with Gasteiger partial charge in [-0.25, -0.2) is 4.79 Å². The second-order valence-electron chi connectivity index (χ2n) is 4.12. The number of ether oxygens (including phenoxy) is 2. The number of esters is 1. The largest absolute Gasteiger partial charge is 0.496 e. The summed E-state index contributed by atoms with van der Waals surface area (Å²) in [4.78, 5) is 23.3. The van der Waals surface area contributed by atoms with Crippen molar-refractivity contribution in [1.29, 1.82) is 0 Å². The van der Waals surface area contributed by atoms with E-state index in [4.69, 9.17) is 21.1 Å². The first kappa shape index (κ1) is 16.3. The quantitative estimate of drug-likeness (QED) is 0.620. The minimum absolute atomic E-state index is 0.196. The number of carbonyl (C=O) groups is 2. The molecule has 1 aromatic rings. The molecule has 1 aromatic carbocycles. The van der Waals surface area contributed by atoms with E-state index in [2.05, 4.69) is 5.32 Å². The van der Waals surface area contributed by atoms with E-state index in [9.17, 15) is 9.59 Å². The maximum absolute atomic E-state index is 11.9. The Kier molecular flexibility index (Phi) is 6.87. The van der Waals surface area contributed by atoms with Crippen molar-refractivity contribution in [2.75, 3.05) is 20.3 Å². The summed E-state index contributed by atoms with van der Waals surface area (Å²) >= 11 is 5.82. The van der Waals surface area contributed by atoms with Crippen LogP contribution in [-0.2, 0) is 9.53 Å². The monoisotopic (exact) mass is 299 g/mol. The molecule has 0 aliphatic heterocycles. The van der Waals surface area contributed by atoms with Gasteiger partial charge in [0, 0.05) is 11.6 Å². The van der Waals surface area contributed by atoms with Gasteiger partial charge in [-0.1, -0.05) is 24.9 Å². The van der Waals surface area contributed by atoms with Gasteiger partial charge in [-0.2, -0.15) is 0 Å². The Balaban J connectivity index is 2.54. The van der Waals surface area contributed by atoms with Crippen molar-refractivity contribution in [3.05, 3.63) is 28.8 Å². The van der Waals surface area contributed by atoms with Gasteiger partial charge >= 0.3 is 5.97 Å². The van der Waals surface area contributed by atoms with E-state index in [0.717, 1.165) is 12.8 Å². The highest BCUT2D eigenvalue weighted by Gasteiger charge is 2.15. The van der Waals surface area contributed by atoms with E-state index < -0.39 is 5.97 Å². The minimum Gasteiger partial charge on any atom is -0.496 e. The molecule has 1 amide bonds. The lowest BCUT2D eigenvalue weighted by molar-refractivity contribution is -0.124. The molecule has 110 valence electrons. The van der Waals surface area contributed by atoms with Crippen LogP contribution in [0.5, 0.6) is 5.75 Å². The Morgan fingerprint density at radius 2 is 2.10 bits per heavy atom. The van der Waals surface area contributed by atoms with Crippen LogP contribution in [0.2, 0.25) is 5.02 Å². The van der Waals surface area contributed by atoms with Crippen molar-refractivity contribution in [3.8, 4) is 5.75 Å². The Hall–Kier alpha value is -1.75. The lowest BCUT2D eigenvalue weighted by atomic mass is 10.2. The number of amides is 1. The van der Waals surface area contributed by atoms with E-state index in [-0.39, 0.29) is 18.1 Å². The van der Waals surface area contributed by atoms with Crippen LogP contribution in [0.15, 0.2) is 18.2 Å². The van der Waals surface area contributed by atoms with Gasteiger partial charge in [-0.05, 0) is 24.6 Å². The number of unbranched alkanes of at least 4 members (excludes halogenated alkanes) is 1. The third-order valence-corrected chi connectivity index (χ3v) is 2.80. The normalized spacial score (nSPS) is 9.95. The highest BCUT2D eigenvalue weighted by Crippen LogP contribution is 2.23. The Bertz CT molecular complexity index is 476. The summed E-state index contributed by atoms with van der Waals surface area (Å²) in [5.74, 6) is -0.617. The molecule has 5 nitrogen and oxygen atoms in total. The predicted molar refractivity (Wildman–Crippen MR) is 76.2 cm³/mol. The standard InChI is InChI=1S/C14H18ClNO4/c1-3-4-7-16-13(17)9-20-14(18)11-8-10(15)5-6-12(11)19-2/h5-6,8H,3-4,7,9H2,1-2H3,(H,16,17). The van der Waals surface area contributed by atoms with Gasteiger partial charge in [0.2, 0.25) is 0 Å². The molecule has 0 aliphatic rings. The number of nitrogens with one attached hydrogen (secondary N) is 1. The summed E-state index contributed by atoms with van der Waals surface area (Å²) in [5.41, 5.74) is 0.196. The molecule has 0 bridgehead atoms. The van der Waals surface area contributed by atoms with E-state index in [0.29, 0.717) is 17.3 Å². The smallest absolute Gasteiger partial charge is 0.342 e. The van der Waals surface area contributed by atoms with E-state index in [1.807, 2.05) is 6.92 Å². The Morgan fingerprint density at radius 3 is 2.75 bits per heavy atom. The minimum atomic E-state index is -0.644. The Morgan fingerprint density at radius 1 is 1.35 bits per heavy atom. The molecule has 1 N–H and O–H groups in total. The molecule has 6 heteroatoms. The van der Waals surface area contributed by atoms with Gasteiger partial charge in [-0.3, -0.25) is 4.79 Å². The van der Waals surface area contributed by atoms with Crippen molar-refractivity contribution < 1.29 is 19.1 Å². The van der Waals surface area contributed by atoms with Crippen LogP contribution in [0.3, 0.4) is 0 Å². The summed E-state index contributed by atoms with van der Waals surface area (Å²) in [6.07, 6.45) is 1.88. The molecule has 0 aliphatic carbocycles. The average Bonchev–Trinajstić information content (AvgIpc) is 2.45. The van der Waals surface area contributed by atoms with Crippen LogP contribution in [0.4, 0.5) is 0 Å². The lowest BCUT2D eigenvalue weighted by Crippen LogP contribution is -2.29. The SMILES string of the molecule is CCCCNC(=O)COC(=O)c1cc(Cl)ccc1OC. The second kappa shape index (κ2) is 8.43. The maximum atomic E-state index is 11.9. The molecule has 0 spiro atoms. The van der Waals surface area contributed by atoms with Crippen LogP contribution in [0.1, 0.15) is 30.1 Å². The zero-order chi connectivity index (χ0) is 15.0. The van der Waals surface area contributed by atoms with Gasteiger partial charge in [0.1, 0.15) is 11.3 Å². The van der Waals surface area contributed by atoms with Crippen molar-refractivity contribution in [1.82, 2.24) is 5.32 Å². The average molecular weight is 300 g/mol. The van der Waals surface area contributed by atoms with Crippen LogP contribution in [0, 0.1) is 0 Å². The van der Waals surface area contributed by atoms with Crippen molar-refractivity contribution in [2.24, 2.45) is 0 Å². The molecule has 0 heterocycles. The topological polar surface area (TPSA) is 64.6 Å². The van der Waals surface area contributed by atoms with Crippen molar-refractivity contribution >= 4 is 23.5 Å². The molecule has 20 heavy (non-hydrogen) atoms. The first-order chi connectivity index (χ1) is 9.58. The Labute approximate surface area is 123 Å². The van der Waals surface area contributed by atoms with E-state index >= 15 is 0 Å². The summed E-state index contributed by atoms with van der Waals surface area (Å²) in [7, 11) is 1.44. The predicted octanol–water partition coefficient (Wildman–Crippen LogP) is 2.42. The number of benzene rings is 1. The molecule has 1 rings (SSSR count). The van der Waals surface area contributed by atoms with Crippen LogP contribution < -0.4 is 10.1 Å². The molecule has 0 saturated carbocycles. The summed E-state index contributed by atoms with van der Waals surface area (Å²) in [6.45, 7) is 2.28. The van der Waals surface area contributed by atoms with Crippen LogP contribution in [-0.4, -0.2) is 32.1 Å². The molecule has 0 saturated heterocycles. The molecular formula is C14H18ClNO4. The molecule has 0 aromatic heterocycles. The van der Waals surface area contributed by atoms with Crippen LogP contribution in [0.25, 0.3) is 0 Å². The highest BCUT2D eigenvalue weighted by atomic mass is 35.5. The number of halogens is 1. The van der Waals surface area contributed by atoms with Gasteiger partial charge in [0.15, 0.2) is 6.61 Å². The fourth-order valence-electron chi connectivity index (χ4n) is 1.50. The number of hydrogen-bond acceptors (Lipinski definition) is 4. The van der Waals surface area contributed by atoms with E-state index in [1.165, 1.54) is 13.2 Å². The summed E-state index contributed by atoms with van der Waals surface area (Å²) in [5, 5.41) is 3.05. The van der Waals surface area contributed by atoms with Gasteiger partial charge < -0.3 is 14.8 Å².